The van der Waals surface area contributed by atoms with Crippen molar-refractivity contribution in [2.75, 3.05) is 25.0 Å². The number of hydrogen-bond donors (Lipinski definition) is 2. The number of piperidine rings is 1. The second-order valence-electron chi connectivity index (χ2n) is 6.59. The predicted molar refractivity (Wildman–Crippen MR) is 119 cm³/mol. The van der Waals surface area contributed by atoms with Crippen LogP contribution in [-0.2, 0) is 13.1 Å². The largest absolute Gasteiger partial charge is 0.357 e. The van der Waals surface area contributed by atoms with Crippen LogP contribution in [0.3, 0.4) is 0 Å². The van der Waals surface area contributed by atoms with Gasteiger partial charge in [0.25, 0.3) is 0 Å². The number of anilines is 1. The van der Waals surface area contributed by atoms with Crippen molar-refractivity contribution in [3.05, 3.63) is 59.3 Å². The van der Waals surface area contributed by atoms with Gasteiger partial charge in [0.1, 0.15) is 17.5 Å². The van der Waals surface area contributed by atoms with Crippen molar-refractivity contribution in [1.29, 1.82) is 0 Å². The van der Waals surface area contributed by atoms with E-state index in [2.05, 4.69) is 31.6 Å². The molecule has 2 heterocycles. The Bertz CT molecular complexity index is 794. The average molecular weight is 501 g/mol. The maximum absolute atomic E-state index is 13.7. The van der Waals surface area contributed by atoms with Crippen molar-refractivity contribution in [2.45, 2.75) is 32.4 Å². The molecule has 0 amide bonds. The predicted octanol–water partition coefficient (Wildman–Crippen LogP) is 3.83. The summed E-state index contributed by atoms with van der Waals surface area (Å²) in [6.45, 7) is 2.81. The number of rotatable bonds is 5. The molecular formula is C20H26F2IN5. The SMILES string of the molecule is CN=C(NCc1ccnc(N2CCCCC2)c1)NCc1cc(F)ccc1F.I. The number of nitrogens with one attached hydrogen (secondary N) is 2. The first kappa shape index (κ1) is 22.3. The monoisotopic (exact) mass is 501 g/mol. The number of aliphatic imine (C=N–C) groups is 1. The number of benzene rings is 1. The van der Waals surface area contributed by atoms with Gasteiger partial charge in [0.15, 0.2) is 5.96 Å². The summed E-state index contributed by atoms with van der Waals surface area (Å²) in [4.78, 5) is 10.9. The fourth-order valence-corrected chi connectivity index (χ4v) is 3.13. The Morgan fingerprint density at radius 3 is 2.57 bits per heavy atom. The van der Waals surface area contributed by atoms with E-state index < -0.39 is 11.6 Å². The quantitative estimate of drug-likeness (QED) is 0.372. The molecule has 8 heteroatoms. The number of guanidine groups is 1. The number of pyridine rings is 1. The minimum Gasteiger partial charge on any atom is -0.357 e. The molecule has 28 heavy (non-hydrogen) atoms. The molecule has 0 aliphatic carbocycles. The lowest BCUT2D eigenvalue weighted by Crippen LogP contribution is -2.36. The van der Waals surface area contributed by atoms with Gasteiger partial charge in [-0.3, -0.25) is 4.99 Å². The molecule has 0 bridgehead atoms. The first-order chi connectivity index (χ1) is 13.2. The lowest BCUT2D eigenvalue weighted by atomic mass is 10.1. The van der Waals surface area contributed by atoms with Gasteiger partial charge in [-0.15, -0.1) is 24.0 Å². The molecule has 0 saturated carbocycles. The van der Waals surface area contributed by atoms with E-state index in [0.29, 0.717) is 12.5 Å². The highest BCUT2D eigenvalue weighted by atomic mass is 127. The number of aromatic nitrogens is 1. The van der Waals surface area contributed by atoms with E-state index in [9.17, 15) is 8.78 Å². The van der Waals surface area contributed by atoms with Gasteiger partial charge in [-0.1, -0.05) is 0 Å². The fourth-order valence-electron chi connectivity index (χ4n) is 3.13. The molecule has 5 nitrogen and oxygen atoms in total. The van der Waals surface area contributed by atoms with Crippen molar-refractivity contribution in [3.8, 4) is 0 Å². The van der Waals surface area contributed by atoms with E-state index in [1.165, 1.54) is 25.3 Å². The second-order valence-corrected chi connectivity index (χ2v) is 6.59. The minimum atomic E-state index is -0.460. The molecule has 2 aromatic rings. The van der Waals surface area contributed by atoms with Crippen LogP contribution in [0.2, 0.25) is 0 Å². The zero-order valence-electron chi connectivity index (χ0n) is 15.9. The van der Waals surface area contributed by atoms with Crippen LogP contribution in [0.25, 0.3) is 0 Å². The molecule has 1 aromatic heterocycles. The first-order valence-corrected chi connectivity index (χ1v) is 9.24. The van der Waals surface area contributed by atoms with Crippen molar-refractivity contribution in [1.82, 2.24) is 15.6 Å². The normalized spacial score (nSPS) is 14.4. The molecule has 1 aliphatic heterocycles. The summed E-state index contributed by atoms with van der Waals surface area (Å²) in [6.07, 6.45) is 5.51. The van der Waals surface area contributed by atoms with Crippen molar-refractivity contribution in [3.63, 3.8) is 0 Å². The van der Waals surface area contributed by atoms with Crippen LogP contribution in [0.5, 0.6) is 0 Å². The summed E-state index contributed by atoms with van der Waals surface area (Å²) in [6, 6.07) is 7.46. The van der Waals surface area contributed by atoms with Crippen LogP contribution in [0.4, 0.5) is 14.6 Å². The highest BCUT2D eigenvalue weighted by Crippen LogP contribution is 2.18. The maximum Gasteiger partial charge on any atom is 0.191 e. The fraction of sp³-hybridized carbons (Fsp3) is 0.400. The Hall–Kier alpha value is -1.97. The summed E-state index contributed by atoms with van der Waals surface area (Å²) < 4.78 is 27.0. The lowest BCUT2D eigenvalue weighted by Gasteiger charge is -2.28. The van der Waals surface area contributed by atoms with Gasteiger partial charge >= 0.3 is 0 Å². The Morgan fingerprint density at radius 2 is 1.82 bits per heavy atom. The third kappa shape index (κ3) is 6.29. The van der Waals surface area contributed by atoms with E-state index >= 15 is 0 Å². The summed E-state index contributed by atoms with van der Waals surface area (Å²) in [5.74, 6) is 0.617. The molecule has 0 unspecified atom stereocenters. The average Bonchev–Trinajstić information content (AvgIpc) is 2.71. The van der Waals surface area contributed by atoms with Crippen LogP contribution in [0.15, 0.2) is 41.5 Å². The number of hydrogen-bond acceptors (Lipinski definition) is 3. The van der Waals surface area contributed by atoms with E-state index in [-0.39, 0.29) is 36.1 Å². The lowest BCUT2D eigenvalue weighted by molar-refractivity contribution is 0.573. The second kappa shape index (κ2) is 11.1. The number of nitrogens with zero attached hydrogens (tertiary/aromatic N) is 3. The maximum atomic E-state index is 13.7. The molecule has 152 valence electrons. The first-order valence-electron chi connectivity index (χ1n) is 9.24. The van der Waals surface area contributed by atoms with Gasteiger partial charge in [-0.25, -0.2) is 13.8 Å². The Labute approximate surface area is 181 Å². The summed E-state index contributed by atoms with van der Waals surface area (Å²) in [5.41, 5.74) is 1.35. The smallest absolute Gasteiger partial charge is 0.191 e. The molecular weight excluding hydrogens is 475 g/mol. The molecule has 1 saturated heterocycles. The van der Waals surface area contributed by atoms with Crippen LogP contribution in [0.1, 0.15) is 30.4 Å². The van der Waals surface area contributed by atoms with Crippen LogP contribution in [0, 0.1) is 11.6 Å². The van der Waals surface area contributed by atoms with Gasteiger partial charge in [-0.2, -0.15) is 0 Å². The molecule has 2 N–H and O–H groups in total. The summed E-state index contributed by atoms with van der Waals surface area (Å²) in [5, 5.41) is 6.20. The van der Waals surface area contributed by atoms with E-state index in [1.807, 2.05) is 12.3 Å². The molecule has 1 aliphatic rings. The van der Waals surface area contributed by atoms with E-state index in [0.717, 1.165) is 36.6 Å². The standard InChI is InChI=1S/C20H25F2N5.HI/c1-23-20(26-14-16-12-17(21)5-6-18(16)22)25-13-15-7-8-24-19(11-15)27-9-3-2-4-10-27;/h5-8,11-12H,2-4,9-10,13-14H2,1H3,(H2,23,25,26);1H. The number of halogens is 3. The molecule has 0 atom stereocenters. The zero-order chi connectivity index (χ0) is 19.1. The van der Waals surface area contributed by atoms with Crippen molar-refractivity contribution < 1.29 is 8.78 Å². The van der Waals surface area contributed by atoms with Crippen molar-refractivity contribution >= 4 is 35.8 Å². The summed E-state index contributed by atoms with van der Waals surface area (Å²) in [7, 11) is 1.64. The van der Waals surface area contributed by atoms with Crippen LogP contribution >= 0.6 is 24.0 Å². The van der Waals surface area contributed by atoms with Gasteiger partial charge in [0, 0.05) is 45.0 Å². The topological polar surface area (TPSA) is 52.6 Å². The van der Waals surface area contributed by atoms with E-state index in [4.69, 9.17) is 0 Å². The Balaban J connectivity index is 0.00000280. The van der Waals surface area contributed by atoms with E-state index in [1.54, 1.807) is 7.05 Å². The molecule has 1 fully saturated rings. The third-order valence-electron chi connectivity index (χ3n) is 4.63. The Morgan fingerprint density at radius 1 is 1.07 bits per heavy atom. The molecule has 3 rings (SSSR count). The van der Waals surface area contributed by atoms with Crippen molar-refractivity contribution in [2.24, 2.45) is 4.99 Å². The third-order valence-corrected chi connectivity index (χ3v) is 4.63. The van der Waals surface area contributed by atoms with Gasteiger partial charge < -0.3 is 15.5 Å². The van der Waals surface area contributed by atoms with Gasteiger partial charge in [0.2, 0.25) is 0 Å². The van der Waals surface area contributed by atoms with Crippen LogP contribution < -0.4 is 15.5 Å². The zero-order valence-corrected chi connectivity index (χ0v) is 18.3. The molecule has 0 spiro atoms. The molecule has 1 aromatic carbocycles. The molecule has 0 radical (unpaired) electrons. The van der Waals surface area contributed by atoms with Gasteiger partial charge in [-0.05, 0) is 55.2 Å². The Kier molecular flexibility index (Phi) is 8.88. The highest BCUT2D eigenvalue weighted by Gasteiger charge is 2.12. The minimum absolute atomic E-state index is 0. The van der Waals surface area contributed by atoms with Crippen LogP contribution in [-0.4, -0.2) is 31.1 Å². The van der Waals surface area contributed by atoms with Gasteiger partial charge in [0.05, 0.1) is 0 Å². The highest BCUT2D eigenvalue weighted by molar-refractivity contribution is 14.0. The summed E-state index contributed by atoms with van der Waals surface area (Å²) >= 11 is 0.